The summed E-state index contributed by atoms with van der Waals surface area (Å²) < 4.78 is 0. The van der Waals surface area contributed by atoms with E-state index < -0.39 is 5.97 Å². The van der Waals surface area contributed by atoms with E-state index in [-0.39, 0.29) is 30.0 Å². The van der Waals surface area contributed by atoms with Crippen LogP contribution in [0.2, 0.25) is 0 Å². The highest BCUT2D eigenvalue weighted by atomic mass is 16.4. The van der Waals surface area contributed by atoms with E-state index in [2.05, 4.69) is 38.0 Å². The lowest BCUT2D eigenvalue weighted by atomic mass is 10.00. The smallest absolute Gasteiger partial charge is 0.331 e. The number of carbonyl (C=O) groups excluding carboxylic acids is 2. The van der Waals surface area contributed by atoms with Gasteiger partial charge in [-0.05, 0) is 51.7 Å². The third-order valence-electron chi connectivity index (χ3n) is 4.45. The van der Waals surface area contributed by atoms with Gasteiger partial charge in [0.2, 0.25) is 12.3 Å². The van der Waals surface area contributed by atoms with E-state index in [1.807, 2.05) is 13.8 Å². The van der Waals surface area contributed by atoms with E-state index in [0.29, 0.717) is 6.41 Å². The first-order valence-corrected chi connectivity index (χ1v) is 11.0. The first kappa shape index (κ1) is 30.3. The van der Waals surface area contributed by atoms with Gasteiger partial charge >= 0.3 is 5.97 Å². The van der Waals surface area contributed by atoms with Crippen molar-refractivity contribution in [1.82, 2.24) is 15.1 Å². The molecule has 0 unspecified atom stereocenters. The fourth-order valence-corrected chi connectivity index (χ4v) is 2.73. The van der Waals surface area contributed by atoms with Crippen molar-refractivity contribution in [3.05, 3.63) is 11.6 Å². The number of likely N-dealkylation sites (tertiary alicyclic amines) is 1. The van der Waals surface area contributed by atoms with E-state index in [0.717, 1.165) is 5.92 Å². The molecule has 0 aromatic rings. The molecule has 0 aromatic carbocycles. The third kappa shape index (κ3) is 17.0. The number of hydrogen-bond donors (Lipinski definition) is 2. The van der Waals surface area contributed by atoms with E-state index in [1.165, 1.54) is 50.6 Å². The maximum atomic E-state index is 11.7. The van der Waals surface area contributed by atoms with Crippen molar-refractivity contribution in [3.8, 4) is 0 Å². The molecule has 1 aliphatic rings. The number of nitrogens with zero attached hydrogens (tertiary/aromatic N) is 2. The molecule has 0 radical (unpaired) electrons. The van der Waals surface area contributed by atoms with Crippen LogP contribution in [0, 0.1) is 11.8 Å². The number of amides is 2. The molecule has 0 spiro atoms. The zero-order valence-corrected chi connectivity index (χ0v) is 20.4. The summed E-state index contributed by atoms with van der Waals surface area (Å²) in [4.78, 5) is 36.5. The van der Waals surface area contributed by atoms with E-state index in [1.54, 1.807) is 13.1 Å². The summed E-state index contributed by atoms with van der Waals surface area (Å²) in [6, 6.07) is -0.318. The molecule has 1 saturated heterocycles. The minimum Gasteiger partial charge on any atom is -0.478 e. The second-order valence-electron chi connectivity index (χ2n) is 8.84. The van der Waals surface area contributed by atoms with Gasteiger partial charge in [-0.25, -0.2) is 4.79 Å². The van der Waals surface area contributed by atoms with Crippen molar-refractivity contribution in [3.63, 3.8) is 0 Å². The standard InChI is InChI=1S/C12H20N2O4.C7H15N.C4H10/c1-8(2)10(5-9(3)12(17)18)14(4)11(16)6-13-7-15;1-8-6-4-2-3-5-7-8;1-4(2)3/h5,7-8,10H,6H2,1-4H3,(H,13,15)(H,17,18);2-7H2,1H3;4H,1-3H3/b9-5+;;/t10-;;/m1../s1. The fourth-order valence-electron chi connectivity index (χ4n) is 2.73. The molecule has 0 aromatic heterocycles. The molecule has 7 heteroatoms. The average Bonchev–Trinajstić information content (AvgIpc) is 2.90. The number of carboxylic acid groups (broad SMARTS) is 1. The number of aliphatic carboxylic acids is 1. The van der Waals surface area contributed by atoms with Crippen LogP contribution in [0.25, 0.3) is 0 Å². The summed E-state index contributed by atoms with van der Waals surface area (Å²) >= 11 is 0. The Morgan fingerprint density at radius 3 is 1.90 bits per heavy atom. The van der Waals surface area contributed by atoms with Crippen molar-refractivity contribution in [2.24, 2.45) is 11.8 Å². The van der Waals surface area contributed by atoms with Crippen LogP contribution >= 0.6 is 0 Å². The molecule has 1 aliphatic heterocycles. The summed E-state index contributed by atoms with van der Waals surface area (Å²) in [5, 5.41) is 11.1. The van der Waals surface area contributed by atoms with Crippen molar-refractivity contribution < 1.29 is 19.5 Å². The van der Waals surface area contributed by atoms with Gasteiger partial charge in [-0.15, -0.1) is 0 Å². The van der Waals surface area contributed by atoms with E-state index in [4.69, 9.17) is 5.11 Å². The quantitative estimate of drug-likeness (QED) is 0.480. The summed E-state index contributed by atoms with van der Waals surface area (Å²) in [6.45, 7) is 14.3. The number of carboxylic acids is 1. The topological polar surface area (TPSA) is 90.0 Å². The van der Waals surface area contributed by atoms with Crippen molar-refractivity contribution in [2.45, 2.75) is 73.3 Å². The lowest BCUT2D eigenvalue weighted by molar-refractivity contribution is -0.133. The minimum atomic E-state index is -1.01. The minimum absolute atomic E-state index is 0.0736. The summed E-state index contributed by atoms with van der Waals surface area (Å²) in [7, 11) is 3.80. The van der Waals surface area contributed by atoms with Gasteiger partial charge in [-0.2, -0.15) is 0 Å². The van der Waals surface area contributed by atoms with Gasteiger partial charge < -0.3 is 20.2 Å². The molecule has 7 nitrogen and oxygen atoms in total. The van der Waals surface area contributed by atoms with Gasteiger partial charge in [0.05, 0.1) is 12.6 Å². The predicted molar refractivity (Wildman–Crippen MR) is 123 cm³/mol. The lowest BCUT2D eigenvalue weighted by Gasteiger charge is -2.29. The Bertz CT molecular complexity index is 508. The van der Waals surface area contributed by atoms with Crippen LogP contribution in [-0.2, 0) is 14.4 Å². The van der Waals surface area contributed by atoms with Crippen LogP contribution in [0.4, 0.5) is 0 Å². The van der Waals surface area contributed by atoms with Crippen LogP contribution in [0.5, 0.6) is 0 Å². The average molecular weight is 428 g/mol. The number of carbonyl (C=O) groups is 3. The molecule has 0 bridgehead atoms. The Labute approximate surface area is 183 Å². The zero-order chi connectivity index (χ0) is 23.7. The highest BCUT2D eigenvalue weighted by molar-refractivity contribution is 5.86. The van der Waals surface area contributed by atoms with Crippen molar-refractivity contribution in [2.75, 3.05) is 33.7 Å². The highest BCUT2D eigenvalue weighted by Crippen LogP contribution is 2.13. The number of rotatable bonds is 7. The van der Waals surface area contributed by atoms with E-state index in [9.17, 15) is 14.4 Å². The molecule has 1 atom stereocenters. The zero-order valence-electron chi connectivity index (χ0n) is 20.4. The lowest BCUT2D eigenvalue weighted by Crippen LogP contribution is -2.43. The number of hydrogen-bond acceptors (Lipinski definition) is 4. The molecule has 0 aliphatic carbocycles. The normalized spacial score (nSPS) is 15.7. The molecule has 1 fully saturated rings. The molecule has 30 heavy (non-hydrogen) atoms. The molecule has 176 valence electrons. The fraction of sp³-hybridized carbons (Fsp3) is 0.783. The van der Waals surface area contributed by atoms with Crippen LogP contribution in [0.3, 0.4) is 0 Å². The molecule has 1 rings (SSSR count). The van der Waals surface area contributed by atoms with Gasteiger partial charge in [0.15, 0.2) is 0 Å². The van der Waals surface area contributed by atoms with Gasteiger partial charge in [-0.3, -0.25) is 9.59 Å². The Morgan fingerprint density at radius 2 is 1.53 bits per heavy atom. The Balaban J connectivity index is 0. The van der Waals surface area contributed by atoms with Crippen molar-refractivity contribution >= 4 is 18.3 Å². The Morgan fingerprint density at radius 1 is 1.07 bits per heavy atom. The summed E-state index contributed by atoms with van der Waals surface area (Å²) in [5.41, 5.74) is 0.191. The third-order valence-corrected chi connectivity index (χ3v) is 4.45. The Hall–Kier alpha value is -1.89. The van der Waals surface area contributed by atoms with Gasteiger partial charge in [-0.1, -0.05) is 53.5 Å². The SMILES string of the molecule is C/C(=C\[C@H](C(C)C)N(C)C(=O)CNC=O)C(=O)O.CC(C)C.CN1CCCCCC1. The van der Waals surface area contributed by atoms with Gasteiger partial charge in [0, 0.05) is 12.6 Å². The first-order valence-electron chi connectivity index (χ1n) is 11.0. The molecular weight excluding hydrogens is 382 g/mol. The number of nitrogens with one attached hydrogen (secondary N) is 1. The van der Waals surface area contributed by atoms with Crippen molar-refractivity contribution in [1.29, 1.82) is 0 Å². The molecule has 2 N–H and O–H groups in total. The summed E-state index contributed by atoms with van der Waals surface area (Å²) in [6.07, 6.45) is 7.72. The Kier molecular flexibility index (Phi) is 18.1. The van der Waals surface area contributed by atoms with Crippen LogP contribution in [-0.4, -0.2) is 73.0 Å². The summed E-state index contributed by atoms with van der Waals surface area (Å²) in [5.74, 6) is -0.368. The monoisotopic (exact) mass is 427 g/mol. The van der Waals surface area contributed by atoms with Crippen LogP contribution in [0.1, 0.15) is 67.2 Å². The van der Waals surface area contributed by atoms with E-state index >= 15 is 0 Å². The maximum Gasteiger partial charge on any atom is 0.331 e. The second kappa shape index (κ2) is 17.9. The maximum absolute atomic E-state index is 11.7. The van der Waals surface area contributed by atoms with Crippen LogP contribution < -0.4 is 5.32 Å². The van der Waals surface area contributed by atoms with Gasteiger partial charge in [0.25, 0.3) is 0 Å². The predicted octanol–water partition coefficient (Wildman–Crippen LogP) is 3.40. The molecular formula is C23H45N3O4. The highest BCUT2D eigenvalue weighted by Gasteiger charge is 2.21. The van der Waals surface area contributed by atoms with Gasteiger partial charge in [0.1, 0.15) is 0 Å². The molecule has 0 saturated carbocycles. The molecule has 2 amide bonds. The molecule has 1 heterocycles. The first-order chi connectivity index (χ1) is 13.9. The largest absolute Gasteiger partial charge is 0.478 e. The van der Waals surface area contributed by atoms with Crippen LogP contribution in [0.15, 0.2) is 11.6 Å². The second-order valence-corrected chi connectivity index (χ2v) is 8.84. The number of likely N-dealkylation sites (N-methyl/N-ethyl adjacent to an activating group) is 1.